The fourth-order valence-electron chi connectivity index (χ4n) is 0. The van der Waals surface area contributed by atoms with E-state index in [0.717, 1.165) is 0 Å². The second-order valence-corrected chi connectivity index (χ2v) is 6.29. The van der Waals surface area contributed by atoms with Gasteiger partial charge in [-0.15, -0.1) is 0 Å². The van der Waals surface area contributed by atoms with Crippen LogP contribution in [0.1, 0.15) is 0 Å². The van der Waals surface area contributed by atoms with Crippen LogP contribution in [0.4, 0.5) is 26.3 Å². The number of alkyl halides is 6. The summed E-state index contributed by atoms with van der Waals surface area (Å²) in [6, 6.07) is 0. The summed E-state index contributed by atoms with van der Waals surface area (Å²) >= 11 is 0. The molecule has 19 heteroatoms. The SMILES string of the molecule is O=S(=O)([O-])C(F)F.O=S(=O)([O-])C(F)F.O=S(=O)([O-])C(F)F.[Au+3]. The van der Waals surface area contributed by atoms with Gasteiger partial charge in [0.05, 0.1) is 0 Å². The monoisotopic (exact) mass is 590 g/mol. The van der Waals surface area contributed by atoms with Crippen LogP contribution in [0.2, 0.25) is 0 Å². The van der Waals surface area contributed by atoms with Crippen molar-refractivity contribution in [2.45, 2.75) is 17.3 Å². The molecule has 0 rings (SSSR count). The van der Waals surface area contributed by atoms with Gasteiger partial charge < -0.3 is 13.7 Å². The molecule has 140 valence electrons. The van der Waals surface area contributed by atoms with Crippen molar-refractivity contribution in [3.63, 3.8) is 0 Å². The van der Waals surface area contributed by atoms with E-state index in [2.05, 4.69) is 0 Å². The normalized spacial score (nSPS) is 12.0. The Balaban J connectivity index is -0.000000108. The molecule has 0 N–H and O–H groups in total. The zero-order valence-electron chi connectivity index (χ0n) is 9.20. The van der Waals surface area contributed by atoms with E-state index in [0.29, 0.717) is 0 Å². The third kappa shape index (κ3) is 22.3. The fraction of sp³-hybridized carbons (Fsp3) is 1.00. The molecule has 0 aromatic carbocycles. The van der Waals surface area contributed by atoms with Gasteiger partial charge in [-0.1, -0.05) is 0 Å². The molecule has 0 aliphatic carbocycles. The Morgan fingerprint density at radius 1 is 0.500 bits per heavy atom. The van der Waals surface area contributed by atoms with Gasteiger partial charge >= 0.3 is 39.7 Å². The minimum Gasteiger partial charge on any atom is -0.744 e. The predicted molar refractivity (Wildman–Crippen MR) is 47.1 cm³/mol. The molecule has 0 bridgehead atoms. The van der Waals surface area contributed by atoms with Gasteiger partial charge in [-0.3, -0.25) is 0 Å². The number of hydrogen-bond acceptors (Lipinski definition) is 9. The smallest absolute Gasteiger partial charge is 0.744 e. The van der Waals surface area contributed by atoms with Crippen molar-refractivity contribution in [1.82, 2.24) is 0 Å². The van der Waals surface area contributed by atoms with Crippen LogP contribution in [0.25, 0.3) is 0 Å². The van der Waals surface area contributed by atoms with E-state index >= 15 is 0 Å². The molecule has 9 nitrogen and oxygen atoms in total. The standard InChI is InChI=1S/3CH2F2O3S.Au/c3*2-1(3)7(4,5)6;/h3*1H,(H,4,5,6);/q;;;+3/p-3. The minimum absolute atomic E-state index is 0. The molecule has 0 radical (unpaired) electrons. The van der Waals surface area contributed by atoms with Crippen molar-refractivity contribution < 1.29 is 87.6 Å². The molecule has 22 heavy (non-hydrogen) atoms. The molecule has 0 atom stereocenters. The molecule has 0 saturated heterocycles. The average molecular weight is 590 g/mol. The summed E-state index contributed by atoms with van der Waals surface area (Å²) in [6.45, 7) is 0. The third-order valence-electron chi connectivity index (χ3n) is 0.655. The van der Waals surface area contributed by atoms with Crippen LogP contribution in [-0.2, 0) is 52.7 Å². The van der Waals surface area contributed by atoms with Crippen LogP contribution in [0.5, 0.6) is 0 Å². The maximum absolute atomic E-state index is 10.6. The molecule has 0 aliphatic heterocycles. The Kier molecular flexibility index (Phi) is 15.8. The first-order valence-corrected chi connectivity index (χ1v) is 7.93. The van der Waals surface area contributed by atoms with Crippen LogP contribution in [0.3, 0.4) is 0 Å². The first-order chi connectivity index (χ1) is 8.83. The van der Waals surface area contributed by atoms with Crippen LogP contribution in [-0.4, -0.2) is 56.2 Å². The number of rotatable bonds is 3. The van der Waals surface area contributed by atoms with Crippen molar-refractivity contribution >= 4 is 30.4 Å². The zero-order chi connectivity index (χ0) is 18.2. The minimum atomic E-state index is -5.32. The molecule has 0 saturated carbocycles. The second kappa shape index (κ2) is 11.6. The average Bonchev–Trinajstić information content (AvgIpc) is 2.14. The van der Waals surface area contributed by atoms with Gasteiger partial charge in [0.15, 0.2) is 30.4 Å². The van der Waals surface area contributed by atoms with Gasteiger partial charge in [0.2, 0.25) is 0 Å². The quantitative estimate of drug-likeness (QED) is 0.233. The Hall–Kier alpha value is 0.0503. The van der Waals surface area contributed by atoms with Crippen LogP contribution >= 0.6 is 0 Å². The maximum Gasteiger partial charge on any atom is 3.00 e. The Bertz CT molecular complexity index is 496. The van der Waals surface area contributed by atoms with Crippen LogP contribution < -0.4 is 0 Å². The molecule has 0 heterocycles. The zero-order valence-corrected chi connectivity index (χ0v) is 13.8. The van der Waals surface area contributed by atoms with Gasteiger partial charge in [0.1, 0.15) is 0 Å². The number of halogens is 6. The maximum atomic E-state index is 10.6. The Morgan fingerprint density at radius 2 is 0.545 bits per heavy atom. The molecule has 0 fully saturated rings. The summed E-state index contributed by atoms with van der Waals surface area (Å²) in [4.78, 5) is 0. The molecular formula is C3H3AuF6O9S3. The molecule has 0 aromatic rings. The van der Waals surface area contributed by atoms with Gasteiger partial charge in [-0.2, -0.15) is 26.3 Å². The Morgan fingerprint density at radius 3 is 0.545 bits per heavy atom. The number of hydrogen-bond donors (Lipinski definition) is 0. The molecule has 0 aliphatic rings. The summed E-state index contributed by atoms with van der Waals surface area (Å²) in [7, 11) is -16.0. The van der Waals surface area contributed by atoms with E-state index in [9.17, 15) is 26.3 Å². The molecule has 0 spiro atoms. The van der Waals surface area contributed by atoms with E-state index in [1.54, 1.807) is 0 Å². The second-order valence-electron chi connectivity index (χ2n) is 2.26. The summed E-state index contributed by atoms with van der Waals surface area (Å²) in [5.41, 5.74) is 0. The van der Waals surface area contributed by atoms with E-state index in [1.165, 1.54) is 0 Å². The van der Waals surface area contributed by atoms with Gasteiger partial charge in [0, 0.05) is 0 Å². The Labute approximate surface area is 135 Å². The van der Waals surface area contributed by atoms with Crippen molar-refractivity contribution in [3.8, 4) is 0 Å². The van der Waals surface area contributed by atoms with Crippen LogP contribution in [0, 0.1) is 0 Å². The first-order valence-electron chi connectivity index (χ1n) is 3.52. The molecule has 0 amide bonds. The third-order valence-corrected chi connectivity index (χ3v) is 1.96. The largest absolute Gasteiger partial charge is 3.00 e. The summed E-state index contributed by atoms with van der Waals surface area (Å²) in [5, 5.41) is 0. The summed E-state index contributed by atoms with van der Waals surface area (Å²) < 4.78 is 145. The van der Waals surface area contributed by atoms with Crippen molar-refractivity contribution in [2.24, 2.45) is 0 Å². The van der Waals surface area contributed by atoms with E-state index in [-0.39, 0.29) is 22.4 Å². The molecular weight excluding hydrogens is 587 g/mol. The van der Waals surface area contributed by atoms with Crippen molar-refractivity contribution in [3.05, 3.63) is 0 Å². The van der Waals surface area contributed by atoms with Gasteiger partial charge in [0.25, 0.3) is 0 Å². The topological polar surface area (TPSA) is 172 Å². The summed E-state index contributed by atoms with van der Waals surface area (Å²) in [5.74, 6) is -11.4. The van der Waals surface area contributed by atoms with Gasteiger partial charge in [-0.25, -0.2) is 25.3 Å². The van der Waals surface area contributed by atoms with Crippen molar-refractivity contribution in [1.29, 1.82) is 0 Å². The predicted octanol–water partition coefficient (Wildman–Crippen LogP) is -0.740. The molecule has 0 aromatic heterocycles. The van der Waals surface area contributed by atoms with E-state index in [1.807, 2.05) is 0 Å². The fourth-order valence-corrected chi connectivity index (χ4v) is 0. The first kappa shape index (κ1) is 30.0. The van der Waals surface area contributed by atoms with Gasteiger partial charge in [-0.05, 0) is 0 Å². The van der Waals surface area contributed by atoms with Crippen LogP contribution in [0.15, 0.2) is 0 Å². The molecule has 0 unspecified atom stereocenters. The van der Waals surface area contributed by atoms with Crippen molar-refractivity contribution in [2.75, 3.05) is 0 Å². The summed E-state index contributed by atoms with van der Waals surface area (Å²) in [6.07, 6.45) is 0. The van der Waals surface area contributed by atoms with E-state index < -0.39 is 47.6 Å². The van der Waals surface area contributed by atoms with E-state index in [4.69, 9.17) is 38.9 Å².